The number of carbonyl (C=O) groups excluding carboxylic acids is 3. The molecule has 3 amide bonds. The van der Waals surface area contributed by atoms with Gasteiger partial charge in [-0.2, -0.15) is 0 Å². The fourth-order valence-electron chi connectivity index (χ4n) is 3.82. The molecular formula is C21H21N3O3. The van der Waals surface area contributed by atoms with Crippen molar-refractivity contribution in [3.05, 3.63) is 65.2 Å². The van der Waals surface area contributed by atoms with Crippen molar-refractivity contribution in [1.82, 2.24) is 10.2 Å². The quantitative estimate of drug-likeness (QED) is 0.908. The number of nitrogens with one attached hydrogen (secondary N) is 1. The summed E-state index contributed by atoms with van der Waals surface area (Å²) >= 11 is 0. The van der Waals surface area contributed by atoms with Crippen LogP contribution in [0, 0.1) is 0 Å². The van der Waals surface area contributed by atoms with Crippen LogP contribution in [-0.2, 0) is 4.79 Å². The highest BCUT2D eigenvalue weighted by atomic mass is 16.2. The zero-order valence-corrected chi connectivity index (χ0v) is 15.3. The van der Waals surface area contributed by atoms with E-state index in [-0.39, 0.29) is 36.7 Å². The molecule has 0 saturated heterocycles. The SMILES string of the molecule is CC(C)NC(=O)CCN1C(=O)c2ccccc2N2C(=O)c3ccccc3C12. The zero-order valence-electron chi connectivity index (χ0n) is 15.3. The molecular weight excluding hydrogens is 342 g/mol. The average molecular weight is 363 g/mol. The highest BCUT2D eigenvalue weighted by Crippen LogP contribution is 2.45. The Morgan fingerprint density at radius 1 is 1.00 bits per heavy atom. The molecule has 138 valence electrons. The van der Waals surface area contributed by atoms with Gasteiger partial charge in [0.2, 0.25) is 5.91 Å². The Bertz CT molecular complexity index is 938. The Morgan fingerprint density at radius 3 is 2.41 bits per heavy atom. The van der Waals surface area contributed by atoms with E-state index in [0.29, 0.717) is 16.8 Å². The summed E-state index contributed by atoms with van der Waals surface area (Å²) in [6.45, 7) is 4.04. The van der Waals surface area contributed by atoms with Crippen molar-refractivity contribution < 1.29 is 14.4 Å². The number of anilines is 1. The molecule has 2 aromatic rings. The number of carbonyl (C=O) groups is 3. The predicted molar refractivity (Wildman–Crippen MR) is 101 cm³/mol. The third-order valence-corrected chi connectivity index (χ3v) is 4.91. The van der Waals surface area contributed by atoms with Crippen LogP contribution in [0.15, 0.2) is 48.5 Å². The number of benzene rings is 2. The minimum atomic E-state index is -0.511. The van der Waals surface area contributed by atoms with Crippen molar-refractivity contribution >= 4 is 23.4 Å². The van der Waals surface area contributed by atoms with Gasteiger partial charge in [0, 0.05) is 30.1 Å². The molecule has 0 radical (unpaired) electrons. The minimum Gasteiger partial charge on any atom is -0.354 e. The minimum absolute atomic E-state index is 0.0422. The van der Waals surface area contributed by atoms with E-state index in [0.717, 1.165) is 5.56 Å². The van der Waals surface area contributed by atoms with Crippen LogP contribution in [0.1, 0.15) is 52.7 Å². The predicted octanol–water partition coefficient (Wildman–Crippen LogP) is 2.72. The monoisotopic (exact) mass is 363 g/mol. The summed E-state index contributed by atoms with van der Waals surface area (Å²) < 4.78 is 0. The van der Waals surface area contributed by atoms with Crippen LogP contribution in [-0.4, -0.2) is 35.2 Å². The maximum absolute atomic E-state index is 13.2. The molecule has 27 heavy (non-hydrogen) atoms. The van der Waals surface area contributed by atoms with Crippen molar-refractivity contribution in [2.24, 2.45) is 0 Å². The lowest BCUT2D eigenvalue weighted by atomic mass is 10.0. The summed E-state index contributed by atoms with van der Waals surface area (Å²) in [5, 5.41) is 2.85. The van der Waals surface area contributed by atoms with Gasteiger partial charge in [-0.15, -0.1) is 0 Å². The van der Waals surface area contributed by atoms with Gasteiger partial charge in [-0.1, -0.05) is 30.3 Å². The van der Waals surface area contributed by atoms with E-state index in [2.05, 4.69) is 5.32 Å². The molecule has 4 rings (SSSR count). The maximum Gasteiger partial charge on any atom is 0.260 e. The van der Waals surface area contributed by atoms with Crippen molar-refractivity contribution in [3.8, 4) is 0 Å². The summed E-state index contributed by atoms with van der Waals surface area (Å²) in [6.07, 6.45) is -0.324. The van der Waals surface area contributed by atoms with E-state index in [1.807, 2.05) is 38.1 Å². The Morgan fingerprint density at radius 2 is 1.67 bits per heavy atom. The second kappa shape index (κ2) is 6.54. The van der Waals surface area contributed by atoms with Gasteiger partial charge >= 0.3 is 0 Å². The molecule has 0 fully saturated rings. The molecule has 0 bridgehead atoms. The van der Waals surface area contributed by atoms with Crippen molar-refractivity contribution in [3.63, 3.8) is 0 Å². The molecule has 2 aromatic carbocycles. The molecule has 6 nitrogen and oxygen atoms in total. The van der Waals surface area contributed by atoms with Gasteiger partial charge in [-0.25, -0.2) is 0 Å². The van der Waals surface area contributed by atoms with Gasteiger partial charge in [0.15, 0.2) is 0 Å². The van der Waals surface area contributed by atoms with Crippen molar-refractivity contribution in [2.75, 3.05) is 11.4 Å². The second-order valence-electron chi connectivity index (χ2n) is 7.12. The summed E-state index contributed by atoms with van der Waals surface area (Å²) in [7, 11) is 0. The maximum atomic E-state index is 13.2. The third kappa shape index (κ3) is 2.77. The topological polar surface area (TPSA) is 69.7 Å². The molecule has 1 N–H and O–H groups in total. The van der Waals surface area contributed by atoms with Gasteiger partial charge in [0.25, 0.3) is 11.8 Å². The molecule has 6 heteroatoms. The highest BCUT2D eigenvalue weighted by Gasteiger charge is 2.47. The molecule has 0 aliphatic carbocycles. The summed E-state index contributed by atoms with van der Waals surface area (Å²) in [6, 6.07) is 14.5. The number of hydrogen-bond acceptors (Lipinski definition) is 3. The number of hydrogen-bond donors (Lipinski definition) is 1. The van der Waals surface area contributed by atoms with E-state index in [1.165, 1.54) is 0 Å². The molecule has 0 saturated carbocycles. The number of rotatable bonds is 4. The van der Waals surface area contributed by atoms with E-state index in [9.17, 15) is 14.4 Å². The Hall–Kier alpha value is -3.15. The Balaban J connectivity index is 1.74. The van der Waals surface area contributed by atoms with Crippen LogP contribution in [0.4, 0.5) is 5.69 Å². The lowest BCUT2D eigenvalue weighted by Crippen LogP contribution is -2.49. The van der Waals surface area contributed by atoms with Gasteiger partial charge in [-0.05, 0) is 32.0 Å². The number of amides is 3. The summed E-state index contributed by atoms with van der Waals surface area (Å²) in [5.74, 6) is -0.387. The van der Waals surface area contributed by atoms with Crippen LogP contribution in [0.2, 0.25) is 0 Å². The van der Waals surface area contributed by atoms with Gasteiger partial charge in [0.05, 0.1) is 11.3 Å². The first-order valence-electron chi connectivity index (χ1n) is 9.11. The molecule has 2 aliphatic heterocycles. The smallest absolute Gasteiger partial charge is 0.260 e. The first-order valence-corrected chi connectivity index (χ1v) is 9.11. The standard InChI is InChI=1S/C21H21N3O3/c1-13(2)22-18(25)11-12-23-19-14-7-3-4-8-15(14)21(27)24(19)17-10-6-5-9-16(17)20(23)26/h3-10,13,19H,11-12H2,1-2H3,(H,22,25). The van der Waals surface area contributed by atoms with Crippen LogP contribution in [0.25, 0.3) is 0 Å². The lowest BCUT2D eigenvalue weighted by molar-refractivity contribution is -0.121. The Kier molecular flexibility index (Phi) is 4.18. The van der Waals surface area contributed by atoms with E-state index in [1.54, 1.807) is 34.1 Å². The molecule has 2 aliphatic rings. The Labute approximate surface area is 157 Å². The fraction of sp³-hybridized carbons (Fsp3) is 0.286. The number of nitrogens with zero attached hydrogens (tertiary/aromatic N) is 2. The highest BCUT2D eigenvalue weighted by molar-refractivity contribution is 6.16. The van der Waals surface area contributed by atoms with Crippen LogP contribution in [0.5, 0.6) is 0 Å². The molecule has 0 spiro atoms. The second-order valence-corrected chi connectivity index (χ2v) is 7.12. The fourth-order valence-corrected chi connectivity index (χ4v) is 3.82. The average Bonchev–Trinajstić information content (AvgIpc) is 2.94. The van der Waals surface area contributed by atoms with Crippen LogP contribution in [0.3, 0.4) is 0 Å². The normalized spacial score (nSPS) is 17.7. The van der Waals surface area contributed by atoms with E-state index >= 15 is 0 Å². The number of fused-ring (bicyclic) bond motifs is 5. The molecule has 2 heterocycles. The molecule has 0 aromatic heterocycles. The number of para-hydroxylation sites is 1. The summed E-state index contributed by atoms with van der Waals surface area (Å²) in [5.41, 5.74) is 2.51. The molecule has 1 atom stereocenters. The van der Waals surface area contributed by atoms with Crippen molar-refractivity contribution in [2.45, 2.75) is 32.5 Å². The van der Waals surface area contributed by atoms with Crippen LogP contribution < -0.4 is 10.2 Å². The lowest BCUT2D eigenvalue weighted by Gasteiger charge is -2.40. The van der Waals surface area contributed by atoms with Crippen molar-refractivity contribution in [1.29, 1.82) is 0 Å². The van der Waals surface area contributed by atoms with Gasteiger partial charge < -0.3 is 10.2 Å². The van der Waals surface area contributed by atoms with Gasteiger partial charge in [-0.3, -0.25) is 19.3 Å². The van der Waals surface area contributed by atoms with Gasteiger partial charge in [0.1, 0.15) is 6.17 Å². The first kappa shape index (κ1) is 17.3. The van der Waals surface area contributed by atoms with E-state index in [4.69, 9.17) is 0 Å². The molecule has 1 unspecified atom stereocenters. The van der Waals surface area contributed by atoms with Crippen LogP contribution >= 0.6 is 0 Å². The first-order chi connectivity index (χ1) is 13.0. The largest absolute Gasteiger partial charge is 0.354 e. The third-order valence-electron chi connectivity index (χ3n) is 4.91. The summed E-state index contributed by atoms with van der Waals surface area (Å²) in [4.78, 5) is 41.6. The zero-order chi connectivity index (χ0) is 19.1. The van der Waals surface area contributed by atoms with E-state index < -0.39 is 6.17 Å².